The van der Waals surface area contributed by atoms with Gasteiger partial charge in [0.05, 0.1) is 13.4 Å². The largest absolute Gasteiger partial charge is 0.504 e. The minimum atomic E-state index is 0.477. The second-order valence-corrected chi connectivity index (χ2v) is 2.91. The number of allylic oxidation sites excluding steroid dienone is 1. The van der Waals surface area contributed by atoms with Gasteiger partial charge < -0.3 is 4.74 Å². The molecule has 0 fully saturated rings. The predicted molar refractivity (Wildman–Crippen MR) is 53.8 cm³/mol. The fourth-order valence-electron chi connectivity index (χ4n) is 1.02. The highest BCUT2D eigenvalue weighted by atomic mass is 35.5. The van der Waals surface area contributed by atoms with E-state index in [0.717, 1.165) is 17.7 Å². The van der Waals surface area contributed by atoms with Crippen molar-refractivity contribution < 1.29 is 4.74 Å². The van der Waals surface area contributed by atoms with E-state index in [9.17, 15) is 0 Å². The number of hydrogen-bond acceptors (Lipinski definition) is 2. The van der Waals surface area contributed by atoms with E-state index in [1.54, 1.807) is 19.6 Å². The summed E-state index contributed by atoms with van der Waals surface area (Å²) in [5.74, 6) is 0.477. The van der Waals surface area contributed by atoms with Crippen LogP contribution in [0.5, 0.6) is 0 Å². The van der Waals surface area contributed by atoms with Crippen molar-refractivity contribution >= 4 is 11.6 Å². The number of aromatic nitrogens is 1. The van der Waals surface area contributed by atoms with Crippen molar-refractivity contribution in [3.05, 3.63) is 41.9 Å². The minimum Gasteiger partial charge on any atom is -0.504 e. The molecule has 0 aliphatic carbocycles. The van der Waals surface area contributed by atoms with E-state index in [4.69, 9.17) is 16.3 Å². The van der Waals surface area contributed by atoms with E-state index in [0.29, 0.717) is 5.88 Å². The van der Waals surface area contributed by atoms with E-state index in [1.807, 2.05) is 18.2 Å². The summed E-state index contributed by atoms with van der Waals surface area (Å²) in [5, 5.41) is 0. The molecule has 0 saturated heterocycles. The van der Waals surface area contributed by atoms with Gasteiger partial charge in [-0.1, -0.05) is 6.07 Å². The average molecular weight is 198 g/mol. The van der Waals surface area contributed by atoms with E-state index in [1.165, 1.54) is 0 Å². The summed E-state index contributed by atoms with van der Waals surface area (Å²) >= 11 is 5.72. The van der Waals surface area contributed by atoms with Crippen LogP contribution >= 0.6 is 11.6 Å². The van der Waals surface area contributed by atoms with Gasteiger partial charge in [0.25, 0.3) is 0 Å². The summed E-state index contributed by atoms with van der Waals surface area (Å²) in [6.45, 7) is 0. The van der Waals surface area contributed by atoms with Crippen LogP contribution < -0.4 is 0 Å². The van der Waals surface area contributed by atoms with Crippen LogP contribution in [0.1, 0.15) is 5.69 Å². The Bertz CT molecular complexity index is 272. The molecular weight excluding hydrogens is 186 g/mol. The summed E-state index contributed by atoms with van der Waals surface area (Å²) < 4.78 is 4.89. The maximum Gasteiger partial charge on any atom is 0.0832 e. The van der Waals surface area contributed by atoms with Crippen LogP contribution in [0.3, 0.4) is 0 Å². The number of pyridine rings is 1. The molecule has 0 amide bonds. The Morgan fingerprint density at radius 2 is 2.46 bits per heavy atom. The van der Waals surface area contributed by atoms with Crippen LogP contribution in [0.15, 0.2) is 36.2 Å². The van der Waals surface area contributed by atoms with Crippen LogP contribution in [0.25, 0.3) is 0 Å². The summed E-state index contributed by atoms with van der Waals surface area (Å²) in [6, 6.07) is 5.82. The van der Waals surface area contributed by atoms with Crippen LogP contribution in [-0.4, -0.2) is 18.0 Å². The van der Waals surface area contributed by atoms with Crippen molar-refractivity contribution in [3.8, 4) is 0 Å². The highest BCUT2D eigenvalue weighted by Gasteiger charge is 1.98. The minimum absolute atomic E-state index is 0.477. The number of hydrogen-bond donors (Lipinski definition) is 0. The fraction of sp³-hybridized carbons (Fsp3) is 0.300. The zero-order valence-electron chi connectivity index (χ0n) is 7.53. The zero-order valence-corrected chi connectivity index (χ0v) is 8.29. The Kier molecular flexibility index (Phi) is 4.33. The number of ether oxygens (including phenoxy) is 1. The molecule has 0 spiro atoms. The summed E-state index contributed by atoms with van der Waals surface area (Å²) in [6.07, 6.45) is 4.19. The first-order valence-electron chi connectivity index (χ1n) is 4.03. The Morgan fingerprint density at radius 1 is 1.62 bits per heavy atom. The van der Waals surface area contributed by atoms with Gasteiger partial charge in [0.2, 0.25) is 0 Å². The molecule has 0 radical (unpaired) electrons. The first-order valence-corrected chi connectivity index (χ1v) is 4.57. The first-order chi connectivity index (χ1) is 6.36. The molecule has 0 aliphatic heterocycles. The number of methoxy groups -OCH3 is 1. The van der Waals surface area contributed by atoms with E-state index in [-0.39, 0.29) is 0 Å². The lowest BCUT2D eigenvalue weighted by Crippen LogP contribution is -1.95. The molecule has 0 unspecified atom stereocenters. The maximum absolute atomic E-state index is 5.72. The normalized spacial score (nSPS) is 11.4. The third-order valence-electron chi connectivity index (χ3n) is 1.59. The topological polar surface area (TPSA) is 22.1 Å². The van der Waals surface area contributed by atoms with Crippen molar-refractivity contribution in [1.82, 2.24) is 4.98 Å². The van der Waals surface area contributed by atoms with Gasteiger partial charge in [-0.2, -0.15) is 0 Å². The molecule has 3 heteroatoms. The van der Waals surface area contributed by atoms with Gasteiger partial charge in [-0.25, -0.2) is 0 Å². The van der Waals surface area contributed by atoms with Gasteiger partial charge >= 0.3 is 0 Å². The molecule has 0 atom stereocenters. The van der Waals surface area contributed by atoms with E-state index in [2.05, 4.69) is 4.98 Å². The molecule has 2 nitrogen and oxygen atoms in total. The van der Waals surface area contributed by atoms with Crippen molar-refractivity contribution in [1.29, 1.82) is 0 Å². The molecule has 70 valence electrons. The first kappa shape index (κ1) is 10.1. The van der Waals surface area contributed by atoms with E-state index >= 15 is 0 Å². The molecule has 0 saturated carbocycles. The van der Waals surface area contributed by atoms with Crippen molar-refractivity contribution in [3.63, 3.8) is 0 Å². The van der Waals surface area contributed by atoms with Crippen LogP contribution in [0, 0.1) is 0 Å². The summed E-state index contributed by atoms with van der Waals surface area (Å²) in [5.41, 5.74) is 2.04. The van der Waals surface area contributed by atoms with Crippen LogP contribution in [-0.2, 0) is 11.2 Å². The van der Waals surface area contributed by atoms with Gasteiger partial charge in [-0.05, 0) is 17.7 Å². The molecule has 1 aromatic heterocycles. The quantitative estimate of drug-likeness (QED) is 0.546. The molecule has 0 N–H and O–H groups in total. The lowest BCUT2D eigenvalue weighted by molar-refractivity contribution is 0.333. The average Bonchev–Trinajstić information content (AvgIpc) is 2.19. The fourth-order valence-corrected chi connectivity index (χ4v) is 1.18. The molecule has 1 heterocycles. The van der Waals surface area contributed by atoms with Crippen LogP contribution in [0.4, 0.5) is 0 Å². The van der Waals surface area contributed by atoms with Crippen molar-refractivity contribution in [2.45, 2.75) is 6.42 Å². The maximum atomic E-state index is 5.72. The molecule has 13 heavy (non-hydrogen) atoms. The highest BCUT2D eigenvalue weighted by molar-refractivity contribution is 6.19. The van der Waals surface area contributed by atoms with Gasteiger partial charge in [0, 0.05) is 24.2 Å². The standard InChI is InChI=1S/C10H12ClNO/c1-13-8-9(7-11)6-10-4-2-3-5-12-10/h2-5,8H,6-7H2,1H3/b9-8+. The van der Waals surface area contributed by atoms with Gasteiger partial charge in [0.1, 0.15) is 0 Å². The second-order valence-electron chi connectivity index (χ2n) is 2.64. The lowest BCUT2D eigenvalue weighted by atomic mass is 10.2. The SMILES string of the molecule is CO/C=C(/CCl)Cc1ccccn1. The Balaban J connectivity index is 2.62. The molecule has 1 rings (SSSR count). The second kappa shape index (κ2) is 5.60. The summed E-state index contributed by atoms with van der Waals surface area (Å²) in [7, 11) is 1.62. The number of halogens is 1. The third-order valence-corrected chi connectivity index (χ3v) is 1.93. The molecule has 0 bridgehead atoms. The van der Waals surface area contributed by atoms with E-state index < -0.39 is 0 Å². The Hall–Kier alpha value is -1.02. The Labute approximate surface area is 83.2 Å². The molecule has 1 aromatic rings. The van der Waals surface area contributed by atoms with Gasteiger partial charge in [0.15, 0.2) is 0 Å². The Morgan fingerprint density at radius 3 is 3.00 bits per heavy atom. The number of rotatable bonds is 4. The highest BCUT2D eigenvalue weighted by Crippen LogP contribution is 2.06. The molecular formula is C10H12ClNO. The lowest BCUT2D eigenvalue weighted by Gasteiger charge is -2.01. The summed E-state index contributed by atoms with van der Waals surface area (Å²) in [4.78, 5) is 4.19. The van der Waals surface area contributed by atoms with Gasteiger partial charge in [-0.15, -0.1) is 11.6 Å². The number of nitrogens with zero attached hydrogens (tertiary/aromatic N) is 1. The molecule has 0 aromatic carbocycles. The van der Waals surface area contributed by atoms with Crippen LogP contribution in [0.2, 0.25) is 0 Å². The smallest absolute Gasteiger partial charge is 0.0832 e. The number of alkyl halides is 1. The predicted octanol–water partition coefficient (Wildman–Crippen LogP) is 2.39. The van der Waals surface area contributed by atoms with Gasteiger partial charge in [-0.3, -0.25) is 4.98 Å². The zero-order chi connectivity index (χ0) is 9.52. The van der Waals surface area contributed by atoms with Crippen molar-refractivity contribution in [2.75, 3.05) is 13.0 Å². The van der Waals surface area contributed by atoms with Crippen molar-refractivity contribution in [2.24, 2.45) is 0 Å². The molecule has 0 aliphatic rings. The third kappa shape index (κ3) is 3.47. The monoisotopic (exact) mass is 197 g/mol.